The zero-order chi connectivity index (χ0) is 12.8. The Morgan fingerprint density at radius 3 is 2.82 bits per heavy atom. The Morgan fingerprint density at radius 2 is 2.18 bits per heavy atom. The first-order chi connectivity index (χ1) is 7.99. The molecule has 4 heteroatoms. The Hall–Kier alpha value is -1.58. The molecule has 0 fully saturated rings. The molecule has 1 aromatic carbocycles. The maximum absolute atomic E-state index is 13.3. The molecule has 94 valence electrons. The topological polar surface area (TPSA) is 38.3 Å². The van der Waals surface area contributed by atoms with Crippen LogP contribution in [0.2, 0.25) is 0 Å². The Morgan fingerprint density at radius 1 is 1.47 bits per heavy atom. The number of benzene rings is 1. The molecule has 17 heavy (non-hydrogen) atoms. The molecule has 3 nitrogen and oxygen atoms in total. The Balaban J connectivity index is 2.44. The second kappa shape index (κ2) is 6.23. The number of hydrogen-bond donors (Lipinski definition) is 1. The van der Waals surface area contributed by atoms with E-state index in [2.05, 4.69) is 5.32 Å². The highest BCUT2D eigenvalue weighted by atomic mass is 19.1. The summed E-state index contributed by atoms with van der Waals surface area (Å²) in [4.78, 5) is 11.4. The van der Waals surface area contributed by atoms with Crippen LogP contribution in [0.4, 0.5) is 4.39 Å². The van der Waals surface area contributed by atoms with Crippen LogP contribution in [0.15, 0.2) is 18.2 Å². The first-order valence-corrected chi connectivity index (χ1v) is 5.64. The summed E-state index contributed by atoms with van der Waals surface area (Å²) in [6.45, 7) is 6.28. The highest BCUT2D eigenvalue weighted by Gasteiger charge is 2.07. The van der Waals surface area contributed by atoms with Crippen LogP contribution in [0.3, 0.4) is 0 Å². The maximum atomic E-state index is 13.3. The third-order valence-corrected chi connectivity index (χ3v) is 2.15. The van der Waals surface area contributed by atoms with Gasteiger partial charge in [-0.05, 0) is 30.5 Å². The van der Waals surface area contributed by atoms with Crippen molar-refractivity contribution >= 4 is 5.91 Å². The van der Waals surface area contributed by atoms with E-state index < -0.39 is 5.82 Å². The van der Waals surface area contributed by atoms with Crippen molar-refractivity contribution in [2.24, 2.45) is 5.92 Å². The van der Waals surface area contributed by atoms with E-state index in [1.54, 1.807) is 12.1 Å². The highest BCUT2D eigenvalue weighted by Crippen LogP contribution is 2.17. The van der Waals surface area contributed by atoms with Gasteiger partial charge in [0.25, 0.3) is 5.91 Å². The lowest BCUT2D eigenvalue weighted by atomic mass is 10.2. The summed E-state index contributed by atoms with van der Waals surface area (Å²) < 4.78 is 18.4. The highest BCUT2D eigenvalue weighted by molar-refractivity contribution is 5.77. The molecule has 0 aliphatic heterocycles. The summed E-state index contributed by atoms with van der Waals surface area (Å²) in [5.74, 6) is -0.189. The number of halogens is 1. The average Bonchev–Trinajstić information content (AvgIpc) is 2.27. The molecule has 0 radical (unpaired) electrons. The van der Waals surface area contributed by atoms with Gasteiger partial charge in [-0.1, -0.05) is 19.9 Å². The van der Waals surface area contributed by atoms with Gasteiger partial charge in [-0.3, -0.25) is 4.79 Å². The van der Waals surface area contributed by atoms with Gasteiger partial charge in [0.15, 0.2) is 18.2 Å². The molecule has 1 N–H and O–H groups in total. The Kier molecular flexibility index (Phi) is 4.94. The third kappa shape index (κ3) is 4.85. The first kappa shape index (κ1) is 13.5. The molecule has 0 unspecified atom stereocenters. The van der Waals surface area contributed by atoms with Crippen molar-refractivity contribution in [1.29, 1.82) is 0 Å². The summed E-state index contributed by atoms with van der Waals surface area (Å²) in [6, 6.07) is 4.56. The average molecular weight is 239 g/mol. The summed E-state index contributed by atoms with van der Waals surface area (Å²) in [5.41, 5.74) is 0.893. The summed E-state index contributed by atoms with van der Waals surface area (Å²) in [7, 11) is 0. The molecule has 0 spiro atoms. The van der Waals surface area contributed by atoms with Gasteiger partial charge in [-0.15, -0.1) is 0 Å². The molecule has 1 aromatic rings. The normalized spacial score (nSPS) is 10.4. The molecular weight excluding hydrogens is 221 g/mol. The number of carbonyl (C=O) groups excluding carboxylic acids is 1. The van der Waals surface area contributed by atoms with Crippen LogP contribution in [0.25, 0.3) is 0 Å². The fraction of sp³-hybridized carbons (Fsp3) is 0.462. The Labute approximate surface area is 101 Å². The molecule has 0 atom stereocenters. The number of amides is 1. The fourth-order valence-corrected chi connectivity index (χ4v) is 1.23. The molecule has 1 rings (SSSR count). The molecule has 0 aromatic heterocycles. The Bertz CT molecular complexity index is 391. The lowest BCUT2D eigenvalue weighted by Gasteiger charge is -2.10. The van der Waals surface area contributed by atoms with Crippen LogP contribution >= 0.6 is 0 Å². The summed E-state index contributed by atoms with van der Waals surface area (Å²) in [5, 5.41) is 2.70. The van der Waals surface area contributed by atoms with Gasteiger partial charge < -0.3 is 10.1 Å². The smallest absolute Gasteiger partial charge is 0.257 e. The van der Waals surface area contributed by atoms with E-state index in [1.807, 2.05) is 20.8 Å². The fourth-order valence-electron chi connectivity index (χ4n) is 1.23. The van der Waals surface area contributed by atoms with Crippen molar-refractivity contribution < 1.29 is 13.9 Å². The van der Waals surface area contributed by atoms with E-state index in [-0.39, 0.29) is 18.3 Å². The minimum atomic E-state index is -0.452. The molecule has 0 aliphatic carbocycles. The van der Waals surface area contributed by atoms with Crippen LogP contribution in [-0.4, -0.2) is 19.1 Å². The molecule has 0 saturated carbocycles. The van der Waals surface area contributed by atoms with Crippen molar-refractivity contribution in [1.82, 2.24) is 5.32 Å². The van der Waals surface area contributed by atoms with E-state index in [0.717, 1.165) is 5.56 Å². The van der Waals surface area contributed by atoms with Gasteiger partial charge in [0.1, 0.15) is 0 Å². The monoisotopic (exact) mass is 239 g/mol. The number of aryl methyl sites for hydroxylation is 1. The van der Waals surface area contributed by atoms with Crippen LogP contribution in [-0.2, 0) is 4.79 Å². The SMILES string of the molecule is Cc1ccc(F)c(OCC(=O)NCC(C)C)c1. The molecule has 0 saturated heterocycles. The van der Waals surface area contributed by atoms with Crippen LogP contribution in [0.1, 0.15) is 19.4 Å². The zero-order valence-electron chi connectivity index (χ0n) is 10.4. The van der Waals surface area contributed by atoms with Crippen LogP contribution < -0.4 is 10.1 Å². The van der Waals surface area contributed by atoms with Gasteiger partial charge in [0.05, 0.1) is 0 Å². The molecule has 0 bridgehead atoms. The van der Waals surface area contributed by atoms with Gasteiger partial charge in [0, 0.05) is 6.54 Å². The zero-order valence-corrected chi connectivity index (χ0v) is 10.4. The summed E-state index contributed by atoms with van der Waals surface area (Å²) >= 11 is 0. The molecule has 1 amide bonds. The number of carbonyl (C=O) groups is 1. The quantitative estimate of drug-likeness (QED) is 0.856. The van der Waals surface area contributed by atoms with Crippen LogP contribution in [0.5, 0.6) is 5.75 Å². The predicted octanol–water partition coefficient (Wildman–Crippen LogP) is 2.29. The van der Waals surface area contributed by atoms with Crippen LogP contribution in [0, 0.1) is 18.7 Å². The third-order valence-electron chi connectivity index (χ3n) is 2.15. The number of hydrogen-bond acceptors (Lipinski definition) is 2. The predicted molar refractivity (Wildman–Crippen MR) is 64.5 cm³/mol. The van der Waals surface area contributed by atoms with Crippen molar-refractivity contribution in [2.45, 2.75) is 20.8 Å². The van der Waals surface area contributed by atoms with Crippen molar-refractivity contribution in [3.8, 4) is 5.75 Å². The second-order valence-corrected chi connectivity index (χ2v) is 4.42. The minimum absolute atomic E-state index is 0.115. The van der Waals surface area contributed by atoms with Gasteiger partial charge >= 0.3 is 0 Å². The van der Waals surface area contributed by atoms with Gasteiger partial charge in [-0.2, -0.15) is 0 Å². The largest absolute Gasteiger partial charge is 0.481 e. The van der Waals surface area contributed by atoms with Crippen molar-refractivity contribution in [3.05, 3.63) is 29.6 Å². The lowest BCUT2D eigenvalue weighted by Crippen LogP contribution is -2.31. The van der Waals surface area contributed by atoms with E-state index in [9.17, 15) is 9.18 Å². The van der Waals surface area contributed by atoms with E-state index >= 15 is 0 Å². The molecular formula is C13H18FNO2. The number of nitrogens with one attached hydrogen (secondary N) is 1. The second-order valence-electron chi connectivity index (χ2n) is 4.42. The van der Waals surface area contributed by atoms with Gasteiger partial charge in [0.2, 0.25) is 0 Å². The van der Waals surface area contributed by atoms with E-state index in [4.69, 9.17) is 4.74 Å². The minimum Gasteiger partial charge on any atom is -0.481 e. The van der Waals surface area contributed by atoms with Gasteiger partial charge in [-0.25, -0.2) is 4.39 Å². The lowest BCUT2D eigenvalue weighted by molar-refractivity contribution is -0.123. The number of ether oxygens (including phenoxy) is 1. The first-order valence-electron chi connectivity index (χ1n) is 5.64. The van der Waals surface area contributed by atoms with Crippen molar-refractivity contribution in [2.75, 3.05) is 13.2 Å². The molecule has 0 aliphatic rings. The number of rotatable bonds is 5. The van der Waals surface area contributed by atoms with E-state index in [1.165, 1.54) is 6.07 Å². The van der Waals surface area contributed by atoms with Crippen molar-refractivity contribution in [3.63, 3.8) is 0 Å². The summed E-state index contributed by atoms with van der Waals surface area (Å²) in [6.07, 6.45) is 0. The van der Waals surface area contributed by atoms with E-state index in [0.29, 0.717) is 12.5 Å². The maximum Gasteiger partial charge on any atom is 0.257 e. The molecule has 0 heterocycles. The standard InChI is InChI=1S/C13H18FNO2/c1-9(2)7-15-13(16)8-17-12-6-10(3)4-5-11(12)14/h4-6,9H,7-8H2,1-3H3,(H,15,16).